The molecule has 1 amide bonds. The Morgan fingerprint density at radius 2 is 2.20 bits per heavy atom. The molecule has 162 valence electrons. The SMILES string of the molecule is CC(C)c1nn(CC(=O)N[C@@H]2CCCN(C[C@H](C)O)C2)c(=O)c2cc3ccsc3n12. The lowest BCUT2D eigenvalue weighted by molar-refractivity contribution is -0.123. The van der Waals surface area contributed by atoms with Gasteiger partial charge < -0.3 is 10.4 Å². The molecule has 8 nitrogen and oxygen atoms in total. The number of aromatic nitrogens is 3. The highest BCUT2D eigenvalue weighted by Crippen LogP contribution is 2.26. The number of likely N-dealkylation sites (tertiary alicyclic amines) is 1. The Morgan fingerprint density at radius 1 is 1.40 bits per heavy atom. The molecule has 0 aliphatic carbocycles. The van der Waals surface area contributed by atoms with Crippen molar-refractivity contribution in [1.29, 1.82) is 0 Å². The van der Waals surface area contributed by atoms with Crippen LogP contribution in [0.2, 0.25) is 0 Å². The standard InChI is InChI=1S/C21H29N5O3S/c1-13(2)19-23-25(20(29)17-9-15-6-8-30-21(15)26(17)19)12-18(28)22-16-5-4-7-24(11-16)10-14(3)27/h6,8-9,13-14,16,27H,4-5,7,10-12H2,1-3H3,(H,22,28)/t14-,16+/m0/s1. The summed E-state index contributed by atoms with van der Waals surface area (Å²) < 4.78 is 3.22. The van der Waals surface area contributed by atoms with Crippen LogP contribution in [0, 0.1) is 0 Å². The van der Waals surface area contributed by atoms with Gasteiger partial charge in [-0.15, -0.1) is 11.3 Å². The molecule has 0 bridgehead atoms. The number of aliphatic hydroxyl groups is 1. The first-order valence-electron chi connectivity index (χ1n) is 10.5. The Bertz CT molecular complexity index is 1110. The molecule has 3 aromatic rings. The quantitative estimate of drug-likeness (QED) is 0.621. The number of carbonyl (C=O) groups is 1. The fraction of sp³-hybridized carbons (Fsp3) is 0.571. The Balaban J connectivity index is 1.55. The maximum atomic E-state index is 13.0. The smallest absolute Gasteiger partial charge is 0.291 e. The minimum Gasteiger partial charge on any atom is -0.392 e. The van der Waals surface area contributed by atoms with E-state index < -0.39 is 0 Å². The molecule has 9 heteroatoms. The van der Waals surface area contributed by atoms with Gasteiger partial charge in [0.2, 0.25) is 5.91 Å². The first kappa shape index (κ1) is 21.0. The lowest BCUT2D eigenvalue weighted by atomic mass is 10.1. The summed E-state index contributed by atoms with van der Waals surface area (Å²) in [5.74, 6) is 0.670. The van der Waals surface area contributed by atoms with Gasteiger partial charge in [-0.3, -0.25) is 18.9 Å². The van der Waals surface area contributed by atoms with Gasteiger partial charge in [-0.1, -0.05) is 13.8 Å². The maximum Gasteiger partial charge on any atom is 0.291 e. The summed E-state index contributed by atoms with van der Waals surface area (Å²) in [6, 6.07) is 3.90. The molecule has 30 heavy (non-hydrogen) atoms. The minimum atomic E-state index is -0.389. The Morgan fingerprint density at radius 3 is 2.93 bits per heavy atom. The van der Waals surface area contributed by atoms with Crippen molar-refractivity contribution in [3.05, 3.63) is 33.7 Å². The molecule has 0 radical (unpaired) electrons. The number of nitrogens with one attached hydrogen (secondary N) is 1. The second-order valence-corrected chi connectivity index (χ2v) is 9.43. The summed E-state index contributed by atoms with van der Waals surface area (Å²) in [6.07, 6.45) is 1.48. The number of hydrogen-bond donors (Lipinski definition) is 2. The molecule has 4 rings (SSSR count). The first-order chi connectivity index (χ1) is 14.3. The van der Waals surface area contributed by atoms with E-state index in [1.807, 2.05) is 35.8 Å². The molecular weight excluding hydrogens is 402 g/mol. The average Bonchev–Trinajstić information content (AvgIpc) is 3.25. The zero-order valence-corrected chi connectivity index (χ0v) is 18.5. The molecule has 2 atom stereocenters. The van der Waals surface area contributed by atoms with Crippen LogP contribution in [0.5, 0.6) is 0 Å². The molecule has 0 spiro atoms. The van der Waals surface area contributed by atoms with Gasteiger partial charge in [0.05, 0.1) is 6.10 Å². The maximum absolute atomic E-state index is 13.0. The lowest BCUT2D eigenvalue weighted by Crippen LogP contribution is -2.50. The molecule has 0 unspecified atom stereocenters. The van der Waals surface area contributed by atoms with Crippen molar-refractivity contribution in [2.24, 2.45) is 0 Å². The van der Waals surface area contributed by atoms with Crippen molar-refractivity contribution in [2.45, 2.75) is 58.2 Å². The highest BCUT2D eigenvalue weighted by atomic mass is 32.1. The average molecular weight is 432 g/mol. The number of thiophene rings is 1. The van der Waals surface area contributed by atoms with E-state index in [4.69, 9.17) is 0 Å². The summed E-state index contributed by atoms with van der Waals surface area (Å²) in [5, 5.41) is 20.2. The van der Waals surface area contributed by atoms with Crippen LogP contribution in [0.1, 0.15) is 45.4 Å². The molecule has 4 heterocycles. The second-order valence-electron chi connectivity index (χ2n) is 8.54. The van der Waals surface area contributed by atoms with E-state index in [1.54, 1.807) is 18.3 Å². The van der Waals surface area contributed by atoms with E-state index in [0.717, 1.165) is 35.4 Å². The third-order valence-electron chi connectivity index (χ3n) is 5.52. The van der Waals surface area contributed by atoms with E-state index in [-0.39, 0.29) is 36.1 Å². The van der Waals surface area contributed by atoms with Gasteiger partial charge in [0.1, 0.15) is 22.7 Å². The van der Waals surface area contributed by atoms with Crippen molar-refractivity contribution < 1.29 is 9.90 Å². The van der Waals surface area contributed by atoms with Gasteiger partial charge >= 0.3 is 0 Å². The van der Waals surface area contributed by atoms with E-state index >= 15 is 0 Å². The van der Waals surface area contributed by atoms with Gasteiger partial charge in [0, 0.05) is 30.4 Å². The summed E-state index contributed by atoms with van der Waals surface area (Å²) in [7, 11) is 0. The number of nitrogens with zero attached hydrogens (tertiary/aromatic N) is 4. The molecular formula is C21H29N5O3S. The fourth-order valence-electron chi connectivity index (χ4n) is 4.26. The Hall–Kier alpha value is -2.23. The second kappa shape index (κ2) is 8.49. The van der Waals surface area contributed by atoms with Crippen LogP contribution in [0.25, 0.3) is 15.7 Å². The third-order valence-corrected chi connectivity index (χ3v) is 6.43. The molecule has 1 aliphatic heterocycles. The van der Waals surface area contributed by atoms with Gasteiger partial charge in [-0.25, -0.2) is 4.68 Å². The molecule has 1 saturated heterocycles. The largest absolute Gasteiger partial charge is 0.392 e. The summed E-state index contributed by atoms with van der Waals surface area (Å²) in [5.41, 5.74) is 0.307. The lowest BCUT2D eigenvalue weighted by Gasteiger charge is -2.33. The Labute approximate surface area is 179 Å². The predicted molar refractivity (Wildman–Crippen MR) is 118 cm³/mol. The molecule has 1 fully saturated rings. The first-order valence-corrected chi connectivity index (χ1v) is 11.4. The molecule has 0 saturated carbocycles. The van der Waals surface area contributed by atoms with Crippen LogP contribution < -0.4 is 10.9 Å². The topological polar surface area (TPSA) is 91.9 Å². The van der Waals surface area contributed by atoms with Crippen molar-refractivity contribution in [3.63, 3.8) is 0 Å². The van der Waals surface area contributed by atoms with Crippen LogP contribution >= 0.6 is 11.3 Å². The summed E-state index contributed by atoms with van der Waals surface area (Å²) in [6.45, 7) is 7.99. The van der Waals surface area contributed by atoms with Crippen molar-refractivity contribution in [3.8, 4) is 0 Å². The van der Waals surface area contributed by atoms with E-state index in [1.165, 1.54) is 4.68 Å². The fourth-order valence-corrected chi connectivity index (χ4v) is 5.16. The number of amides is 1. The number of piperidine rings is 1. The van der Waals surface area contributed by atoms with Gasteiger partial charge in [-0.05, 0) is 43.8 Å². The molecule has 0 aromatic carbocycles. The monoisotopic (exact) mass is 431 g/mol. The number of β-amino-alcohol motifs (C(OH)–C–C–N with tert-alkyl or cyclic N) is 1. The van der Waals surface area contributed by atoms with Crippen molar-refractivity contribution >= 4 is 33.0 Å². The number of hydrogen-bond acceptors (Lipinski definition) is 6. The Kier molecular flexibility index (Phi) is 5.95. The van der Waals surface area contributed by atoms with Gasteiger partial charge in [-0.2, -0.15) is 5.10 Å². The van der Waals surface area contributed by atoms with Crippen LogP contribution in [0.3, 0.4) is 0 Å². The number of carbonyl (C=O) groups excluding carboxylic acids is 1. The summed E-state index contributed by atoms with van der Waals surface area (Å²) >= 11 is 1.58. The van der Waals surface area contributed by atoms with Crippen molar-refractivity contribution in [2.75, 3.05) is 19.6 Å². The van der Waals surface area contributed by atoms with Crippen LogP contribution in [0.4, 0.5) is 0 Å². The summed E-state index contributed by atoms with van der Waals surface area (Å²) in [4.78, 5) is 28.9. The highest BCUT2D eigenvalue weighted by Gasteiger charge is 2.23. The number of fused-ring (bicyclic) bond motifs is 3. The van der Waals surface area contributed by atoms with E-state index in [0.29, 0.717) is 18.6 Å². The van der Waals surface area contributed by atoms with E-state index in [2.05, 4.69) is 15.3 Å². The minimum absolute atomic E-state index is 0.0210. The number of aliphatic hydroxyl groups excluding tert-OH is 1. The molecule has 3 aromatic heterocycles. The van der Waals surface area contributed by atoms with Crippen LogP contribution in [0.15, 0.2) is 22.3 Å². The zero-order valence-electron chi connectivity index (χ0n) is 17.7. The van der Waals surface area contributed by atoms with E-state index in [9.17, 15) is 14.7 Å². The van der Waals surface area contributed by atoms with Crippen LogP contribution in [-0.4, -0.2) is 61.9 Å². The highest BCUT2D eigenvalue weighted by molar-refractivity contribution is 7.16. The zero-order chi connectivity index (χ0) is 21.4. The molecule has 1 aliphatic rings. The van der Waals surface area contributed by atoms with Gasteiger partial charge in [0.15, 0.2) is 0 Å². The predicted octanol–water partition coefficient (Wildman–Crippen LogP) is 1.80. The normalized spacial score (nSPS) is 19.0. The van der Waals surface area contributed by atoms with Crippen molar-refractivity contribution in [1.82, 2.24) is 24.4 Å². The third kappa shape index (κ3) is 4.14. The number of rotatable bonds is 6. The van der Waals surface area contributed by atoms with Crippen LogP contribution in [-0.2, 0) is 11.3 Å². The molecule has 2 N–H and O–H groups in total. The van der Waals surface area contributed by atoms with Gasteiger partial charge in [0.25, 0.3) is 5.56 Å².